The fourth-order valence-corrected chi connectivity index (χ4v) is 3.00. The molecular formula is C10H13ClN2OS. The highest BCUT2D eigenvalue weighted by Crippen LogP contribution is 2.34. The van der Waals surface area contributed by atoms with Gasteiger partial charge in [-0.3, -0.25) is 0 Å². The second-order valence-electron chi connectivity index (χ2n) is 3.82. The van der Waals surface area contributed by atoms with Crippen LogP contribution in [0.4, 0.5) is 0 Å². The van der Waals surface area contributed by atoms with Crippen LogP contribution in [0.1, 0.15) is 25.3 Å². The molecule has 1 fully saturated rings. The fraction of sp³-hybridized carbons (Fsp3) is 0.600. The summed E-state index contributed by atoms with van der Waals surface area (Å²) in [4.78, 5) is 8.32. The molecule has 0 bridgehead atoms. The van der Waals surface area contributed by atoms with Crippen LogP contribution in [0.25, 0.3) is 0 Å². The SMILES string of the molecule is CC(C)c1c(Cl)ncnc1SC1COC1. The normalized spacial score (nSPS) is 16.8. The van der Waals surface area contributed by atoms with Crippen LogP contribution in [-0.4, -0.2) is 28.4 Å². The minimum atomic E-state index is 0.349. The monoisotopic (exact) mass is 244 g/mol. The van der Waals surface area contributed by atoms with E-state index in [-0.39, 0.29) is 0 Å². The molecule has 0 atom stereocenters. The molecule has 1 aliphatic heterocycles. The van der Waals surface area contributed by atoms with Gasteiger partial charge in [-0.05, 0) is 5.92 Å². The van der Waals surface area contributed by atoms with Crippen LogP contribution in [0.3, 0.4) is 0 Å². The molecule has 0 aromatic carbocycles. The van der Waals surface area contributed by atoms with Crippen LogP contribution in [0.2, 0.25) is 5.15 Å². The van der Waals surface area contributed by atoms with Crippen molar-refractivity contribution in [1.29, 1.82) is 0 Å². The second-order valence-corrected chi connectivity index (χ2v) is 5.46. The van der Waals surface area contributed by atoms with Gasteiger partial charge in [0.2, 0.25) is 0 Å². The molecule has 0 spiro atoms. The summed E-state index contributed by atoms with van der Waals surface area (Å²) in [5.41, 5.74) is 1.05. The van der Waals surface area contributed by atoms with Crippen LogP contribution >= 0.6 is 23.4 Å². The Morgan fingerprint density at radius 3 is 2.73 bits per heavy atom. The second kappa shape index (κ2) is 4.68. The van der Waals surface area contributed by atoms with Gasteiger partial charge in [0.1, 0.15) is 16.5 Å². The highest BCUT2D eigenvalue weighted by molar-refractivity contribution is 8.00. The molecule has 15 heavy (non-hydrogen) atoms. The van der Waals surface area contributed by atoms with Crippen LogP contribution in [0.15, 0.2) is 11.4 Å². The van der Waals surface area contributed by atoms with Gasteiger partial charge < -0.3 is 4.74 Å². The Labute approximate surface area is 98.6 Å². The van der Waals surface area contributed by atoms with E-state index < -0.39 is 0 Å². The van der Waals surface area contributed by atoms with Crippen molar-refractivity contribution in [2.24, 2.45) is 0 Å². The summed E-state index contributed by atoms with van der Waals surface area (Å²) in [6, 6.07) is 0. The zero-order chi connectivity index (χ0) is 10.8. The van der Waals surface area contributed by atoms with Gasteiger partial charge in [0.25, 0.3) is 0 Å². The molecule has 1 aromatic rings. The fourth-order valence-electron chi connectivity index (χ4n) is 1.38. The molecule has 1 aliphatic rings. The first kappa shape index (κ1) is 11.2. The Morgan fingerprint density at radius 1 is 1.47 bits per heavy atom. The molecule has 5 heteroatoms. The van der Waals surface area contributed by atoms with Gasteiger partial charge in [-0.15, -0.1) is 0 Å². The van der Waals surface area contributed by atoms with Gasteiger partial charge >= 0.3 is 0 Å². The lowest BCUT2D eigenvalue weighted by Crippen LogP contribution is -2.30. The molecular weight excluding hydrogens is 232 g/mol. The quantitative estimate of drug-likeness (QED) is 0.766. The molecule has 2 rings (SSSR count). The summed E-state index contributed by atoms with van der Waals surface area (Å²) in [6.45, 7) is 5.82. The molecule has 82 valence electrons. The number of nitrogens with zero attached hydrogens (tertiary/aromatic N) is 2. The third-order valence-electron chi connectivity index (χ3n) is 2.26. The van der Waals surface area contributed by atoms with Gasteiger partial charge in [-0.2, -0.15) is 0 Å². The average molecular weight is 245 g/mol. The summed E-state index contributed by atoms with van der Waals surface area (Å²) in [5, 5.41) is 2.09. The molecule has 2 heterocycles. The number of halogens is 1. The molecule has 0 saturated carbocycles. The first-order valence-electron chi connectivity index (χ1n) is 4.93. The Kier molecular flexibility index (Phi) is 3.49. The van der Waals surface area contributed by atoms with Gasteiger partial charge in [-0.1, -0.05) is 37.2 Å². The Morgan fingerprint density at radius 2 is 2.20 bits per heavy atom. The predicted octanol–water partition coefficient (Wildman–Crippen LogP) is 2.74. The van der Waals surface area contributed by atoms with E-state index in [4.69, 9.17) is 16.3 Å². The maximum absolute atomic E-state index is 6.07. The van der Waals surface area contributed by atoms with Crippen LogP contribution in [-0.2, 0) is 4.74 Å². The van der Waals surface area contributed by atoms with E-state index >= 15 is 0 Å². The number of hydrogen-bond donors (Lipinski definition) is 0. The zero-order valence-electron chi connectivity index (χ0n) is 8.74. The van der Waals surface area contributed by atoms with E-state index in [2.05, 4.69) is 23.8 Å². The van der Waals surface area contributed by atoms with E-state index in [0.717, 1.165) is 23.8 Å². The van der Waals surface area contributed by atoms with Gasteiger partial charge in [0, 0.05) is 5.56 Å². The molecule has 0 unspecified atom stereocenters. The van der Waals surface area contributed by atoms with Crippen LogP contribution in [0.5, 0.6) is 0 Å². The van der Waals surface area contributed by atoms with Crippen molar-refractivity contribution in [2.75, 3.05) is 13.2 Å². The summed E-state index contributed by atoms with van der Waals surface area (Å²) < 4.78 is 5.14. The highest BCUT2D eigenvalue weighted by atomic mass is 35.5. The summed E-state index contributed by atoms with van der Waals surface area (Å²) >= 11 is 7.81. The van der Waals surface area contributed by atoms with Gasteiger partial charge in [0.15, 0.2) is 0 Å². The van der Waals surface area contributed by atoms with E-state index in [1.54, 1.807) is 11.8 Å². The first-order chi connectivity index (χ1) is 7.18. The van der Waals surface area contributed by atoms with E-state index in [1.165, 1.54) is 6.33 Å². The lowest BCUT2D eigenvalue weighted by molar-refractivity contribution is 0.0454. The Balaban J connectivity index is 2.23. The van der Waals surface area contributed by atoms with Crippen molar-refractivity contribution in [2.45, 2.75) is 30.0 Å². The standard InChI is InChI=1S/C10H13ClN2OS/c1-6(2)8-9(11)12-5-13-10(8)15-7-3-14-4-7/h5-7H,3-4H2,1-2H3. The Bertz CT molecular complexity index is 355. The van der Waals surface area contributed by atoms with E-state index in [9.17, 15) is 0 Å². The lowest BCUT2D eigenvalue weighted by atomic mass is 10.1. The number of thioether (sulfide) groups is 1. The minimum Gasteiger partial charge on any atom is -0.379 e. The van der Waals surface area contributed by atoms with Gasteiger partial charge in [0.05, 0.1) is 18.5 Å². The molecule has 1 aromatic heterocycles. The molecule has 0 aliphatic carbocycles. The predicted molar refractivity (Wildman–Crippen MR) is 61.6 cm³/mol. The van der Waals surface area contributed by atoms with E-state index in [0.29, 0.717) is 16.3 Å². The smallest absolute Gasteiger partial charge is 0.137 e. The largest absolute Gasteiger partial charge is 0.379 e. The van der Waals surface area contributed by atoms with Crippen molar-refractivity contribution in [1.82, 2.24) is 9.97 Å². The molecule has 0 radical (unpaired) electrons. The lowest BCUT2D eigenvalue weighted by Gasteiger charge is -2.26. The topological polar surface area (TPSA) is 35.0 Å². The number of hydrogen-bond acceptors (Lipinski definition) is 4. The maximum atomic E-state index is 6.07. The van der Waals surface area contributed by atoms with Crippen LogP contribution < -0.4 is 0 Å². The van der Waals surface area contributed by atoms with Crippen LogP contribution in [0, 0.1) is 0 Å². The summed E-state index contributed by atoms with van der Waals surface area (Å²) in [5.74, 6) is 0.349. The third kappa shape index (κ3) is 2.44. The number of ether oxygens (including phenoxy) is 1. The molecule has 1 saturated heterocycles. The third-order valence-corrected chi connectivity index (χ3v) is 3.72. The van der Waals surface area contributed by atoms with Crippen molar-refractivity contribution in [3.05, 3.63) is 17.0 Å². The molecule has 0 amide bonds. The summed E-state index contributed by atoms with van der Waals surface area (Å²) in [7, 11) is 0. The first-order valence-corrected chi connectivity index (χ1v) is 6.19. The highest BCUT2D eigenvalue weighted by Gasteiger charge is 2.23. The van der Waals surface area contributed by atoms with Gasteiger partial charge in [-0.25, -0.2) is 9.97 Å². The number of rotatable bonds is 3. The zero-order valence-corrected chi connectivity index (χ0v) is 10.3. The molecule has 0 N–H and O–H groups in total. The van der Waals surface area contributed by atoms with Crippen molar-refractivity contribution < 1.29 is 4.74 Å². The van der Waals surface area contributed by atoms with E-state index in [1.807, 2.05) is 0 Å². The Hall–Kier alpha value is -0.320. The average Bonchev–Trinajstić information content (AvgIpc) is 2.10. The van der Waals surface area contributed by atoms with Crippen molar-refractivity contribution >= 4 is 23.4 Å². The molecule has 3 nitrogen and oxygen atoms in total. The number of aromatic nitrogens is 2. The maximum Gasteiger partial charge on any atom is 0.137 e. The summed E-state index contributed by atoms with van der Waals surface area (Å²) in [6.07, 6.45) is 1.52. The minimum absolute atomic E-state index is 0.349. The van der Waals surface area contributed by atoms with Crippen molar-refractivity contribution in [3.8, 4) is 0 Å². The van der Waals surface area contributed by atoms with Crippen molar-refractivity contribution in [3.63, 3.8) is 0 Å².